The summed E-state index contributed by atoms with van der Waals surface area (Å²) in [5.74, 6) is -0.0808. The number of aromatic nitrogens is 4. The number of nitrogens with zero attached hydrogens (tertiary/aromatic N) is 5. The molecule has 24 heavy (non-hydrogen) atoms. The lowest BCUT2D eigenvalue weighted by Crippen LogP contribution is -2.43. The molecule has 8 heteroatoms. The maximum atomic E-state index is 12.9. The summed E-state index contributed by atoms with van der Waals surface area (Å²) >= 11 is 1.57. The number of tetrazole rings is 1. The molecule has 3 rings (SSSR count). The molecule has 2 heterocycles. The minimum Gasteiger partial charge on any atom is -0.340 e. The SMILES string of the molecule is CSc1ccccc1C(=O)[C@@H]1CCCN(C(=O)Cn2cnnn2)C1. The summed E-state index contributed by atoms with van der Waals surface area (Å²) in [7, 11) is 0. The van der Waals surface area contributed by atoms with E-state index in [1.807, 2.05) is 30.5 Å². The minimum atomic E-state index is -0.148. The normalized spacial score (nSPS) is 17.7. The van der Waals surface area contributed by atoms with Crippen LogP contribution in [0.15, 0.2) is 35.5 Å². The lowest BCUT2D eigenvalue weighted by atomic mass is 9.90. The fraction of sp³-hybridized carbons (Fsp3) is 0.438. The van der Waals surface area contributed by atoms with Gasteiger partial charge in [0.05, 0.1) is 0 Å². The molecule has 1 fully saturated rings. The number of piperidine rings is 1. The van der Waals surface area contributed by atoms with Gasteiger partial charge in [-0.25, -0.2) is 4.68 Å². The van der Waals surface area contributed by atoms with E-state index < -0.39 is 0 Å². The molecular weight excluding hydrogens is 326 g/mol. The molecule has 0 spiro atoms. The van der Waals surface area contributed by atoms with Crippen LogP contribution in [-0.4, -0.2) is 56.1 Å². The zero-order chi connectivity index (χ0) is 16.9. The molecule has 126 valence electrons. The quantitative estimate of drug-likeness (QED) is 0.604. The molecule has 0 saturated carbocycles. The lowest BCUT2D eigenvalue weighted by molar-refractivity contribution is -0.133. The Labute approximate surface area is 144 Å². The predicted octanol–water partition coefficient (Wildman–Crippen LogP) is 1.52. The fourth-order valence-corrected chi connectivity index (χ4v) is 3.58. The molecule has 0 unspecified atom stereocenters. The van der Waals surface area contributed by atoms with Crippen LogP contribution in [0.3, 0.4) is 0 Å². The van der Waals surface area contributed by atoms with Crippen LogP contribution in [-0.2, 0) is 11.3 Å². The van der Waals surface area contributed by atoms with Crippen molar-refractivity contribution in [3.63, 3.8) is 0 Å². The molecule has 1 aromatic carbocycles. The number of likely N-dealkylation sites (tertiary alicyclic amines) is 1. The van der Waals surface area contributed by atoms with Gasteiger partial charge >= 0.3 is 0 Å². The number of hydrogen-bond acceptors (Lipinski definition) is 6. The van der Waals surface area contributed by atoms with E-state index in [0.29, 0.717) is 13.1 Å². The Morgan fingerprint density at radius 1 is 1.33 bits per heavy atom. The van der Waals surface area contributed by atoms with Crippen molar-refractivity contribution >= 4 is 23.5 Å². The Morgan fingerprint density at radius 3 is 2.92 bits per heavy atom. The molecule has 0 N–H and O–H groups in total. The Balaban J connectivity index is 1.68. The summed E-state index contributed by atoms with van der Waals surface area (Å²) in [6.45, 7) is 1.24. The second kappa shape index (κ2) is 7.57. The van der Waals surface area contributed by atoms with E-state index in [9.17, 15) is 9.59 Å². The maximum Gasteiger partial charge on any atom is 0.244 e. The van der Waals surface area contributed by atoms with Crippen molar-refractivity contribution in [2.75, 3.05) is 19.3 Å². The second-order valence-electron chi connectivity index (χ2n) is 5.75. The lowest BCUT2D eigenvalue weighted by Gasteiger charge is -2.32. The number of carbonyl (C=O) groups excluding carboxylic acids is 2. The maximum absolute atomic E-state index is 12.9. The van der Waals surface area contributed by atoms with Crippen molar-refractivity contribution in [1.29, 1.82) is 0 Å². The molecule has 1 aliphatic heterocycles. The average Bonchev–Trinajstić information content (AvgIpc) is 3.14. The van der Waals surface area contributed by atoms with Crippen LogP contribution in [0, 0.1) is 5.92 Å². The van der Waals surface area contributed by atoms with Crippen LogP contribution < -0.4 is 0 Å². The summed E-state index contributed by atoms with van der Waals surface area (Å²) in [5.41, 5.74) is 0.754. The number of amides is 1. The summed E-state index contributed by atoms with van der Waals surface area (Å²) in [5, 5.41) is 10.8. The highest BCUT2D eigenvalue weighted by atomic mass is 32.2. The van der Waals surface area contributed by atoms with E-state index in [-0.39, 0.29) is 24.2 Å². The third-order valence-corrected chi connectivity index (χ3v) is 5.00. The summed E-state index contributed by atoms with van der Waals surface area (Å²) in [6.07, 6.45) is 5.03. The Bertz CT molecular complexity index is 719. The van der Waals surface area contributed by atoms with Crippen LogP contribution in [0.1, 0.15) is 23.2 Å². The third-order valence-electron chi connectivity index (χ3n) is 4.21. The summed E-state index contributed by atoms with van der Waals surface area (Å²) < 4.78 is 1.40. The highest BCUT2D eigenvalue weighted by Gasteiger charge is 2.30. The van der Waals surface area contributed by atoms with Gasteiger partial charge < -0.3 is 4.90 Å². The van der Waals surface area contributed by atoms with E-state index in [1.165, 1.54) is 11.0 Å². The second-order valence-corrected chi connectivity index (χ2v) is 6.60. The van der Waals surface area contributed by atoms with E-state index in [2.05, 4.69) is 15.5 Å². The highest BCUT2D eigenvalue weighted by molar-refractivity contribution is 7.98. The van der Waals surface area contributed by atoms with Gasteiger partial charge in [0.2, 0.25) is 5.91 Å². The van der Waals surface area contributed by atoms with E-state index in [0.717, 1.165) is 23.3 Å². The van der Waals surface area contributed by atoms with Crippen LogP contribution in [0.5, 0.6) is 0 Å². The van der Waals surface area contributed by atoms with E-state index >= 15 is 0 Å². The zero-order valence-electron chi connectivity index (χ0n) is 13.5. The van der Waals surface area contributed by atoms with Gasteiger partial charge in [0.1, 0.15) is 12.9 Å². The van der Waals surface area contributed by atoms with Gasteiger partial charge in [-0.15, -0.1) is 16.9 Å². The number of thioether (sulfide) groups is 1. The van der Waals surface area contributed by atoms with Gasteiger partial charge in [0, 0.05) is 29.5 Å². The van der Waals surface area contributed by atoms with E-state index in [1.54, 1.807) is 16.7 Å². The topological polar surface area (TPSA) is 81.0 Å². The molecule has 0 aliphatic carbocycles. The van der Waals surface area contributed by atoms with Gasteiger partial charge in [-0.2, -0.15) is 0 Å². The molecule has 1 amide bonds. The standard InChI is InChI=1S/C16H19N5O2S/c1-24-14-7-3-2-6-13(14)16(23)12-5-4-8-20(9-12)15(22)10-21-11-17-18-19-21/h2-3,6-7,11-12H,4-5,8-10H2,1H3/t12-/m1/s1. The Kier molecular flexibility index (Phi) is 5.24. The molecule has 0 bridgehead atoms. The number of benzene rings is 1. The number of carbonyl (C=O) groups is 2. The first kappa shape index (κ1) is 16.6. The fourth-order valence-electron chi connectivity index (χ4n) is 2.98. The number of ketones is 1. The van der Waals surface area contributed by atoms with Crippen LogP contribution >= 0.6 is 11.8 Å². The highest BCUT2D eigenvalue weighted by Crippen LogP contribution is 2.26. The molecule has 1 saturated heterocycles. The number of rotatable bonds is 5. The molecule has 1 aliphatic rings. The first-order chi connectivity index (χ1) is 11.7. The van der Waals surface area contributed by atoms with Crippen molar-refractivity contribution in [2.24, 2.45) is 5.92 Å². The summed E-state index contributed by atoms with van der Waals surface area (Å²) in [4.78, 5) is 28.0. The van der Waals surface area contributed by atoms with Gasteiger partial charge in [0.15, 0.2) is 5.78 Å². The van der Waals surface area contributed by atoms with Crippen molar-refractivity contribution in [3.8, 4) is 0 Å². The van der Waals surface area contributed by atoms with Crippen molar-refractivity contribution in [3.05, 3.63) is 36.2 Å². The molecule has 0 radical (unpaired) electrons. The number of hydrogen-bond donors (Lipinski definition) is 0. The predicted molar refractivity (Wildman–Crippen MR) is 89.7 cm³/mol. The van der Waals surface area contributed by atoms with Gasteiger partial charge in [0.25, 0.3) is 0 Å². The Hall–Kier alpha value is -2.22. The summed E-state index contributed by atoms with van der Waals surface area (Å²) in [6, 6.07) is 7.65. The van der Waals surface area contributed by atoms with Crippen LogP contribution in [0.4, 0.5) is 0 Å². The van der Waals surface area contributed by atoms with E-state index in [4.69, 9.17) is 0 Å². The van der Waals surface area contributed by atoms with Gasteiger partial charge in [-0.1, -0.05) is 18.2 Å². The van der Waals surface area contributed by atoms with Gasteiger partial charge in [-0.3, -0.25) is 9.59 Å². The largest absolute Gasteiger partial charge is 0.340 e. The van der Waals surface area contributed by atoms with Crippen molar-refractivity contribution < 1.29 is 9.59 Å². The van der Waals surface area contributed by atoms with Crippen molar-refractivity contribution in [2.45, 2.75) is 24.3 Å². The van der Waals surface area contributed by atoms with Crippen molar-refractivity contribution in [1.82, 2.24) is 25.1 Å². The number of Topliss-reactive ketones (excluding diaryl/α,β-unsaturated/α-hetero) is 1. The zero-order valence-corrected chi connectivity index (χ0v) is 14.3. The Morgan fingerprint density at radius 2 is 2.17 bits per heavy atom. The first-order valence-electron chi connectivity index (χ1n) is 7.85. The van der Waals surface area contributed by atoms with Crippen LogP contribution in [0.2, 0.25) is 0 Å². The molecule has 2 aromatic rings. The minimum absolute atomic E-state index is 0.0575. The smallest absolute Gasteiger partial charge is 0.244 e. The van der Waals surface area contributed by atoms with Crippen LogP contribution in [0.25, 0.3) is 0 Å². The average molecular weight is 345 g/mol. The first-order valence-corrected chi connectivity index (χ1v) is 9.07. The monoisotopic (exact) mass is 345 g/mol. The molecular formula is C16H19N5O2S. The third kappa shape index (κ3) is 3.64. The molecule has 1 atom stereocenters. The molecule has 1 aromatic heterocycles. The van der Waals surface area contributed by atoms with Gasteiger partial charge in [-0.05, 0) is 35.6 Å². The molecule has 7 nitrogen and oxygen atoms in total.